The fourth-order valence-corrected chi connectivity index (χ4v) is 5.27. The predicted molar refractivity (Wildman–Crippen MR) is 148 cm³/mol. The van der Waals surface area contributed by atoms with E-state index >= 15 is 0 Å². The van der Waals surface area contributed by atoms with Crippen molar-refractivity contribution in [2.45, 2.75) is 93.9 Å². The Bertz CT molecular complexity index is 834. The molecule has 0 amide bonds. The lowest BCUT2D eigenvalue weighted by atomic mass is 9.73. The minimum Gasteiger partial charge on any atom is -0.386 e. The van der Waals surface area contributed by atoms with Gasteiger partial charge in [0.05, 0.1) is 11.1 Å². The highest BCUT2D eigenvalue weighted by molar-refractivity contribution is 6.23. The summed E-state index contributed by atoms with van der Waals surface area (Å²) < 4.78 is 0. The van der Waals surface area contributed by atoms with Crippen molar-refractivity contribution in [1.29, 1.82) is 0 Å². The number of ketones is 4. The minimum absolute atomic E-state index is 0.0533. The lowest BCUT2D eigenvalue weighted by Gasteiger charge is -2.30. The van der Waals surface area contributed by atoms with E-state index in [0.717, 1.165) is 11.4 Å². The van der Waals surface area contributed by atoms with E-state index in [4.69, 9.17) is 0 Å². The van der Waals surface area contributed by atoms with E-state index in [1.807, 2.05) is 27.7 Å². The van der Waals surface area contributed by atoms with Gasteiger partial charge in [-0.2, -0.15) is 0 Å². The molecule has 0 aromatic rings. The predicted octanol–water partition coefficient (Wildman–Crippen LogP) is 4.27. The van der Waals surface area contributed by atoms with Gasteiger partial charge in [-0.25, -0.2) is 0 Å². The molecular formula is C30H49N3O4. The molecule has 208 valence electrons. The molecule has 2 fully saturated rings. The molecule has 37 heavy (non-hydrogen) atoms. The van der Waals surface area contributed by atoms with Gasteiger partial charge in [0, 0.05) is 63.3 Å². The van der Waals surface area contributed by atoms with Gasteiger partial charge in [-0.05, 0) is 35.5 Å². The Morgan fingerprint density at radius 3 is 1.16 bits per heavy atom. The van der Waals surface area contributed by atoms with Crippen LogP contribution in [0.15, 0.2) is 22.5 Å². The van der Waals surface area contributed by atoms with Crippen LogP contribution in [0.4, 0.5) is 0 Å². The number of nitrogens with one attached hydrogen (secondary N) is 3. The summed E-state index contributed by atoms with van der Waals surface area (Å²) in [6, 6.07) is 0. The third-order valence-electron chi connectivity index (χ3n) is 6.78. The molecule has 2 aliphatic rings. The molecule has 2 rings (SSSR count). The van der Waals surface area contributed by atoms with Crippen LogP contribution < -0.4 is 16.0 Å². The highest BCUT2D eigenvalue weighted by atomic mass is 16.2. The SMILES string of the molecule is CC(C)CC(NCCNCCNC(CC(C)C)=C1C(=O)CC(C)(C)CC1=O)=C1C(=O)CC(C)(C)CC1=O. The van der Waals surface area contributed by atoms with Crippen LogP contribution in [0, 0.1) is 22.7 Å². The molecule has 7 nitrogen and oxygen atoms in total. The topological polar surface area (TPSA) is 104 Å². The van der Waals surface area contributed by atoms with Gasteiger partial charge in [-0.3, -0.25) is 19.2 Å². The monoisotopic (exact) mass is 515 g/mol. The van der Waals surface area contributed by atoms with E-state index in [0.29, 0.717) is 87.7 Å². The van der Waals surface area contributed by atoms with Gasteiger partial charge in [-0.1, -0.05) is 55.4 Å². The first-order chi connectivity index (χ1) is 17.1. The van der Waals surface area contributed by atoms with Crippen molar-refractivity contribution in [3.05, 3.63) is 22.5 Å². The molecular weight excluding hydrogens is 466 g/mol. The normalized spacial score (nSPS) is 19.6. The average Bonchev–Trinajstić information content (AvgIpc) is 2.68. The molecule has 2 aliphatic carbocycles. The van der Waals surface area contributed by atoms with Gasteiger partial charge in [0.2, 0.25) is 0 Å². The van der Waals surface area contributed by atoms with Crippen LogP contribution in [0.5, 0.6) is 0 Å². The van der Waals surface area contributed by atoms with Crippen LogP contribution in [0.3, 0.4) is 0 Å². The number of hydrogen-bond acceptors (Lipinski definition) is 7. The quantitative estimate of drug-likeness (QED) is 0.203. The fraction of sp³-hybridized carbons (Fsp3) is 0.733. The summed E-state index contributed by atoms with van der Waals surface area (Å²) in [7, 11) is 0. The summed E-state index contributed by atoms with van der Waals surface area (Å²) in [6.07, 6.45) is 2.94. The van der Waals surface area contributed by atoms with Crippen molar-refractivity contribution in [3.63, 3.8) is 0 Å². The van der Waals surface area contributed by atoms with Crippen LogP contribution in [0.25, 0.3) is 0 Å². The molecule has 0 bridgehead atoms. The number of allylic oxidation sites excluding steroid dienone is 4. The third kappa shape index (κ3) is 9.51. The molecule has 7 heteroatoms. The second kappa shape index (κ2) is 13.0. The smallest absolute Gasteiger partial charge is 0.168 e. The van der Waals surface area contributed by atoms with Crippen LogP contribution in [0.1, 0.15) is 93.9 Å². The standard InChI is InChI=1S/C30H49N3O4/c1-19(2)13-21(27-23(34)15-29(5,6)16-24(27)35)32-11-9-31-10-12-33-22(14-20(3)4)28-25(36)17-30(7,8)18-26(28)37/h19-20,31-33H,9-18H2,1-8H3. The largest absolute Gasteiger partial charge is 0.386 e. The van der Waals surface area contributed by atoms with E-state index < -0.39 is 0 Å². The van der Waals surface area contributed by atoms with Crippen LogP contribution in [-0.2, 0) is 19.2 Å². The Kier molecular flexibility index (Phi) is 10.9. The lowest BCUT2D eigenvalue weighted by Crippen LogP contribution is -2.37. The van der Waals surface area contributed by atoms with Gasteiger partial charge < -0.3 is 16.0 Å². The van der Waals surface area contributed by atoms with Gasteiger partial charge in [0.15, 0.2) is 23.1 Å². The first-order valence-electron chi connectivity index (χ1n) is 13.9. The lowest BCUT2D eigenvalue weighted by molar-refractivity contribution is -0.129. The number of hydrogen-bond donors (Lipinski definition) is 3. The third-order valence-corrected chi connectivity index (χ3v) is 6.78. The molecule has 0 saturated heterocycles. The highest BCUT2D eigenvalue weighted by Crippen LogP contribution is 2.36. The first kappa shape index (κ1) is 30.9. The van der Waals surface area contributed by atoms with E-state index in [1.165, 1.54) is 0 Å². The number of rotatable bonds is 12. The van der Waals surface area contributed by atoms with E-state index in [2.05, 4.69) is 43.6 Å². The Labute approximate surface area is 223 Å². The molecule has 0 aliphatic heterocycles. The summed E-state index contributed by atoms with van der Waals surface area (Å²) in [6.45, 7) is 18.7. The molecule has 0 aromatic heterocycles. The zero-order chi connectivity index (χ0) is 28.0. The van der Waals surface area contributed by atoms with Crippen molar-refractivity contribution < 1.29 is 19.2 Å². The van der Waals surface area contributed by atoms with Crippen molar-refractivity contribution in [2.75, 3.05) is 26.2 Å². The second-order valence-corrected chi connectivity index (χ2v) is 13.2. The van der Waals surface area contributed by atoms with E-state index in [9.17, 15) is 19.2 Å². The number of Topliss-reactive ketones (excluding diaryl/α,β-unsaturated/α-hetero) is 4. The number of carbonyl (C=O) groups excluding carboxylic acids is 4. The van der Waals surface area contributed by atoms with E-state index in [1.54, 1.807) is 0 Å². The second-order valence-electron chi connectivity index (χ2n) is 13.2. The zero-order valence-corrected chi connectivity index (χ0v) is 24.4. The van der Waals surface area contributed by atoms with E-state index in [-0.39, 0.29) is 34.0 Å². The molecule has 0 heterocycles. The summed E-state index contributed by atoms with van der Waals surface area (Å²) in [5.41, 5.74) is 1.71. The van der Waals surface area contributed by atoms with Crippen molar-refractivity contribution in [3.8, 4) is 0 Å². The van der Waals surface area contributed by atoms with Crippen LogP contribution >= 0.6 is 0 Å². The summed E-state index contributed by atoms with van der Waals surface area (Å²) in [5.74, 6) is 0.437. The van der Waals surface area contributed by atoms with Crippen molar-refractivity contribution in [2.24, 2.45) is 22.7 Å². The van der Waals surface area contributed by atoms with Gasteiger partial charge in [0.25, 0.3) is 0 Å². The van der Waals surface area contributed by atoms with Crippen LogP contribution in [0.2, 0.25) is 0 Å². The molecule has 0 unspecified atom stereocenters. The molecule has 0 radical (unpaired) electrons. The van der Waals surface area contributed by atoms with Gasteiger partial charge in [0.1, 0.15) is 0 Å². The molecule has 0 atom stereocenters. The minimum atomic E-state index is -0.276. The molecule has 2 saturated carbocycles. The average molecular weight is 516 g/mol. The Balaban J connectivity index is 1.93. The highest BCUT2D eigenvalue weighted by Gasteiger charge is 2.38. The Hall–Kier alpha value is -2.28. The van der Waals surface area contributed by atoms with Crippen molar-refractivity contribution >= 4 is 23.1 Å². The maximum absolute atomic E-state index is 12.8. The van der Waals surface area contributed by atoms with Gasteiger partial charge in [-0.15, -0.1) is 0 Å². The Morgan fingerprint density at radius 1 is 0.595 bits per heavy atom. The Morgan fingerprint density at radius 2 is 0.892 bits per heavy atom. The summed E-state index contributed by atoms with van der Waals surface area (Å²) in [4.78, 5) is 51.1. The van der Waals surface area contributed by atoms with Crippen molar-refractivity contribution in [1.82, 2.24) is 16.0 Å². The molecule has 3 N–H and O–H groups in total. The summed E-state index contributed by atoms with van der Waals surface area (Å²) in [5, 5.41) is 10.1. The van der Waals surface area contributed by atoms with Crippen LogP contribution in [-0.4, -0.2) is 49.3 Å². The maximum atomic E-state index is 12.8. The summed E-state index contributed by atoms with van der Waals surface area (Å²) >= 11 is 0. The molecule has 0 spiro atoms. The maximum Gasteiger partial charge on any atom is 0.168 e. The molecule has 0 aromatic carbocycles. The fourth-order valence-electron chi connectivity index (χ4n) is 5.27. The van der Waals surface area contributed by atoms with Gasteiger partial charge >= 0.3 is 0 Å². The number of carbonyl (C=O) groups is 4. The zero-order valence-electron chi connectivity index (χ0n) is 24.4. The first-order valence-corrected chi connectivity index (χ1v) is 13.9.